The SMILES string of the molecule is N#Cc1ccccc1Oc1cccc2c1NC(=NCc1ncccc1F)NS2(=O)=O. The topological polar surface area (TPSA) is 116 Å². The Hall–Kier alpha value is -3.97. The summed E-state index contributed by atoms with van der Waals surface area (Å²) in [5, 5.41) is 12.1. The minimum absolute atomic E-state index is 0.0441. The van der Waals surface area contributed by atoms with Crippen LogP contribution >= 0.6 is 0 Å². The van der Waals surface area contributed by atoms with Gasteiger partial charge in [0, 0.05) is 6.20 Å². The van der Waals surface area contributed by atoms with Gasteiger partial charge in [-0.2, -0.15) is 5.26 Å². The van der Waals surface area contributed by atoms with Gasteiger partial charge in [-0.05, 0) is 36.4 Å². The van der Waals surface area contributed by atoms with Crippen LogP contribution in [0.25, 0.3) is 0 Å². The molecule has 2 heterocycles. The van der Waals surface area contributed by atoms with E-state index in [0.29, 0.717) is 5.56 Å². The summed E-state index contributed by atoms with van der Waals surface area (Å²) in [6.45, 7) is -0.173. The van der Waals surface area contributed by atoms with Crippen molar-refractivity contribution in [2.75, 3.05) is 5.32 Å². The lowest BCUT2D eigenvalue weighted by Gasteiger charge is -2.23. The number of aliphatic imine (C=N–C) groups is 1. The van der Waals surface area contributed by atoms with Crippen molar-refractivity contribution >= 4 is 21.7 Å². The lowest BCUT2D eigenvalue weighted by atomic mass is 10.2. The first-order valence-electron chi connectivity index (χ1n) is 8.71. The minimum Gasteiger partial charge on any atom is -0.454 e. The molecular formula is C20H14FN5O3S. The Bertz CT molecular complexity index is 1300. The number of benzene rings is 2. The average Bonchev–Trinajstić information content (AvgIpc) is 2.74. The molecule has 1 aromatic heterocycles. The van der Waals surface area contributed by atoms with Crippen LogP contribution in [0.4, 0.5) is 10.1 Å². The van der Waals surface area contributed by atoms with Crippen molar-refractivity contribution in [3.8, 4) is 17.6 Å². The molecule has 0 amide bonds. The van der Waals surface area contributed by atoms with Crippen LogP contribution in [-0.2, 0) is 16.6 Å². The lowest BCUT2D eigenvalue weighted by Crippen LogP contribution is -2.40. The van der Waals surface area contributed by atoms with Gasteiger partial charge in [-0.1, -0.05) is 18.2 Å². The average molecular weight is 423 g/mol. The quantitative estimate of drug-likeness (QED) is 0.666. The molecule has 8 nitrogen and oxygen atoms in total. The van der Waals surface area contributed by atoms with Crippen LogP contribution in [0.1, 0.15) is 11.3 Å². The molecule has 1 aliphatic heterocycles. The maximum absolute atomic E-state index is 13.8. The second kappa shape index (κ2) is 7.81. The molecule has 1 aliphatic rings. The number of hydrogen-bond acceptors (Lipinski definition) is 6. The molecule has 0 aliphatic carbocycles. The van der Waals surface area contributed by atoms with Gasteiger partial charge in [0.1, 0.15) is 28.2 Å². The number of rotatable bonds is 4. The molecule has 2 N–H and O–H groups in total. The van der Waals surface area contributed by atoms with Crippen LogP contribution in [-0.4, -0.2) is 19.4 Å². The molecule has 0 saturated carbocycles. The van der Waals surface area contributed by atoms with Crippen LogP contribution in [0.5, 0.6) is 11.5 Å². The predicted molar refractivity (Wildman–Crippen MR) is 107 cm³/mol. The third kappa shape index (κ3) is 3.78. The van der Waals surface area contributed by atoms with Crippen LogP contribution in [0.15, 0.2) is 70.7 Å². The third-order valence-electron chi connectivity index (χ3n) is 4.20. The predicted octanol–water partition coefficient (Wildman–Crippen LogP) is 3.14. The molecule has 0 unspecified atom stereocenters. The van der Waals surface area contributed by atoms with Gasteiger partial charge in [0.25, 0.3) is 10.0 Å². The van der Waals surface area contributed by atoms with E-state index in [2.05, 4.69) is 20.0 Å². The zero-order valence-electron chi connectivity index (χ0n) is 15.3. The van der Waals surface area contributed by atoms with Crippen molar-refractivity contribution in [3.63, 3.8) is 0 Å². The number of nitriles is 1. The fourth-order valence-electron chi connectivity index (χ4n) is 2.80. The van der Waals surface area contributed by atoms with Crippen molar-refractivity contribution in [3.05, 3.63) is 77.9 Å². The van der Waals surface area contributed by atoms with Gasteiger partial charge in [0.2, 0.25) is 5.96 Å². The van der Waals surface area contributed by atoms with Crippen LogP contribution in [0.2, 0.25) is 0 Å². The molecule has 0 radical (unpaired) electrons. The summed E-state index contributed by atoms with van der Waals surface area (Å²) in [7, 11) is -3.94. The van der Waals surface area contributed by atoms with Gasteiger partial charge in [-0.15, -0.1) is 0 Å². The van der Waals surface area contributed by atoms with Crippen LogP contribution in [0, 0.1) is 17.1 Å². The second-order valence-corrected chi connectivity index (χ2v) is 7.82. The molecular weight excluding hydrogens is 409 g/mol. The van der Waals surface area contributed by atoms with Gasteiger partial charge in [-0.25, -0.2) is 22.5 Å². The summed E-state index contributed by atoms with van der Waals surface area (Å²) in [5.41, 5.74) is 0.528. The van der Waals surface area contributed by atoms with Crippen molar-refractivity contribution in [1.82, 2.24) is 9.71 Å². The molecule has 0 spiro atoms. The maximum atomic E-state index is 13.8. The van der Waals surface area contributed by atoms with Crippen LogP contribution < -0.4 is 14.8 Å². The highest BCUT2D eigenvalue weighted by molar-refractivity contribution is 7.90. The molecule has 0 atom stereocenters. The molecule has 3 aromatic rings. The third-order valence-corrected chi connectivity index (χ3v) is 5.58. The van der Waals surface area contributed by atoms with E-state index in [1.807, 2.05) is 6.07 Å². The Morgan fingerprint density at radius 2 is 1.90 bits per heavy atom. The monoisotopic (exact) mass is 423 g/mol. The van der Waals surface area contributed by atoms with E-state index in [0.717, 1.165) is 0 Å². The first-order chi connectivity index (χ1) is 14.5. The minimum atomic E-state index is -3.94. The summed E-state index contributed by atoms with van der Waals surface area (Å²) in [6, 6.07) is 15.8. The van der Waals surface area contributed by atoms with Gasteiger partial charge >= 0.3 is 0 Å². The molecule has 2 aromatic carbocycles. The summed E-state index contributed by atoms with van der Waals surface area (Å²) in [5.74, 6) is -0.174. The second-order valence-electron chi connectivity index (χ2n) is 6.17. The summed E-state index contributed by atoms with van der Waals surface area (Å²) in [6.07, 6.45) is 1.42. The number of hydrogen-bond donors (Lipinski definition) is 2. The highest BCUT2D eigenvalue weighted by Crippen LogP contribution is 2.37. The van der Waals surface area contributed by atoms with E-state index in [9.17, 15) is 18.1 Å². The molecule has 150 valence electrons. The number of ether oxygens (including phenoxy) is 1. The van der Waals surface area contributed by atoms with Crippen LogP contribution in [0.3, 0.4) is 0 Å². The number of guanidine groups is 1. The standard InChI is InChI=1S/C20H14FN5O3S/c21-14-6-4-10-23-15(14)12-24-20-25-19-17(8-3-9-18(19)30(27,28)26-20)29-16-7-2-1-5-13(16)11-22/h1-10H,12H2,(H2,24,25,26). The van der Waals surface area contributed by atoms with Crippen molar-refractivity contribution in [1.29, 1.82) is 5.26 Å². The van der Waals surface area contributed by atoms with Crippen molar-refractivity contribution in [2.24, 2.45) is 4.99 Å². The van der Waals surface area contributed by atoms with E-state index in [1.54, 1.807) is 30.3 Å². The maximum Gasteiger partial charge on any atom is 0.266 e. The largest absolute Gasteiger partial charge is 0.454 e. The molecule has 0 saturated heterocycles. The zero-order valence-corrected chi connectivity index (χ0v) is 16.1. The number of para-hydroxylation sites is 2. The number of aromatic nitrogens is 1. The summed E-state index contributed by atoms with van der Waals surface area (Å²) in [4.78, 5) is 7.94. The number of fused-ring (bicyclic) bond motifs is 1. The van der Waals surface area contributed by atoms with E-state index in [1.165, 1.54) is 30.5 Å². The van der Waals surface area contributed by atoms with E-state index >= 15 is 0 Å². The van der Waals surface area contributed by atoms with Gasteiger partial charge in [0.05, 0.1) is 17.8 Å². The smallest absolute Gasteiger partial charge is 0.266 e. The molecule has 10 heteroatoms. The molecule has 0 bridgehead atoms. The van der Waals surface area contributed by atoms with Gasteiger partial charge < -0.3 is 10.1 Å². The Morgan fingerprint density at radius 3 is 2.70 bits per heavy atom. The first-order valence-corrected chi connectivity index (χ1v) is 10.2. The molecule has 4 rings (SSSR count). The number of nitrogens with zero attached hydrogens (tertiary/aromatic N) is 3. The Morgan fingerprint density at radius 1 is 1.10 bits per heavy atom. The Labute approximate surface area is 171 Å². The lowest BCUT2D eigenvalue weighted by molar-refractivity contribution is 0.481. The first kappa shape index (κ1) is 19.4. The number of nitrogens with one attached hydrogen (secondary N) is 2. The Balaban J connectivity index is 1.70. The fraction of sp³-hybridized carbons (Fsp3) is 0.0500. The Kier molecular flexibility index (Phi) is 5.04. The number of anilines is 1. The highest BCUT2D eigenvalue weighted by atomic mass is 32.2. The molecule has 0 fully saturated rings. The number of halogens is 1. The normalized spacial score (nSPS) is 15.4. The fourth-order valence-corrected chi connectivity index (χ4v) is 3.95. The van der Waals surface area contributed by atoms with Crippen molar-refractivity contribution < 1.29 is 17.5 Å². The van der Waals surface area contributed by atoms with E-state index in [4.69, 9.17) is 4.74 Å². The van der Waals surface area contributed by atoms with E-state index < -0.39 is 15.8 Å². The zero-order chi connectivity index (χ0) is 21.1. The highest BCUT2D eigenvalue weighted by Gasteiger charge is 2.29. The van der Waals surface area contributed by atoms with Gasteiger partial charge in [-0.3, -0.25) is 4.98 Å². The van der Waals surface area contributed by atoms with Crippen molar-refractivity contribution in [2.45, 2.75) is 11.4 Å². The summed E-state index contributed by atoms with van der Waals surface area (Å²) >= 11 is 0. The molecule has 30 heavy (non-hydrogen) atoms. The number of pyridine rings is 1. The van der Waals surface area contributed by atoms with Gasteiger partial charge in [0.15, 0.2) is 5.75 Å². The van der Waals surface area contributed by atoms with E-state index in [-0.39, 0.29) is 40.3 Å². The summed E-state index contributed by atoms with van der Waals surface area (Å²) < 4.78 is 47.2. The number of sulfonamides is 1.